The topological polar surface area (TPSA) is 97.2 Å². The van der Waals surface area contributed by atoms with Crippen LogP contribution >= 0.6 is 0 Å². The molecule has 1 aromatic carbocycles. The van der Waals surface area contributed by atoms with E-state index in [4.69, 9.17) is 10.1 Å². The third kappa shape index (κ3) is 12.7. The lowest BCUT2D eigenvalue weighted by Gasteiger charge is -2.18. The van der Waals surface area contributed by atoms with E-state index >= 15 is 0 Å². The highest BCUT2D eigenvalue weighted by molar-refractivity contribution is 6.02. The molecule has 2 N–H and O–H groups in total. The smallest absolute Gasteiger partial charge is 0.275 e. The van der Waals surface area contributed by atoms with Gasteiger partial charge < -0.3 is 20.2 Å². The summed E-state index contributed by atoms with van der Waals surface area (Å²) in [6, 6.07) is 4.44. The average molecular weight is 509 g/mol. The first-order valence-electron chi connectivity index (χ1n) is 12.0. The maximum absolute atomic E-state index is 13.8. The number of anilines is 1. The molecule has 0 aliphatic carbocycles. The number of methoxy groups -OCH3 is 1. The standard InChI is InChI=1S/C17H19F2N3O2.C8H17N.C2H6O/c1-3-11(2)13-8-12(4-5-14(13)19)22-17(23)15-9-21-16(10-20-15)24-7-6-18;1-5-6-7(9)8(2,3)4;1-3-2/h4-5,8-11H,3,6-7H2,1-2H3,(H,22,23);9H,5-6H2,1-4H3;1-2H3. The van der Waals surface area contributed by atoms with E-state index in [0.717, 1.165) is 25.0 Å². The van der Waals surface area contributed by atoms with E-state index in [1.165, 1.54) is 24.5 Å². The molecular formula is C27H42F2N4O3. The van der Waals surface area contributed by atoms with Gasteiger partial charge in [0.05, 0.1) is 12.4 Å². The number of halogens is 2. The van der Waals surface area contributed by atoms with Crippen LogP contribution in [-0.4, -0.2) is 49.1 Å². The van der Waals surface area contributed by atoms with Gasteiger partial charge in [-0.1, -0.05) is 48.0 Å². The van der Waals surface area contributed by atoms with Crippen LogP contribution in [0.2, 0.25) is 0 Å². The van der Waals surface area contributed by atoms with Gasteiger partial charge in [-0.2, -0.15) is 0 Å². The second-order valence-corrected chi connectivity index (χ2v) is 9.16. The summed E-state index contributed by atoms with van der Waals surface area (Å²) in [5.74, 6) is -0.573. The Morgan fingerprint density at radius 3 is 2.25 bits per heavy atom. The molecule has 2 aromatic rings. The monoisotopic (exact) mass is 508 g/mol. The van der Waals surface area contributed by atoms with Gasteiger partial charge in [0, 0.05) is 25.6 Å². The number of alkyl halides is 1. The van der Waals surface area contributed by atoms with Gasteiger partial charge in [0.1, 0.15) is 24.8 Å². The molecule has 1 heterocycles. The number of rotatable bonds is 9. The summed E-state index contributed by atoms with van der Waals surface area (Å²) < 4.78 is 35.0. The Morgan fingerprint density at radius 2 is 1.81 bits per heavy atom. The predicted octanol–water partition coefficient (Wildman–Crippen LogP) is 6.84. The molecule has 1 aromatic heterocycles. The van der Waals surface area contributed by atoms with Crippen LogP contribution in [0.15, 0.2) is 30.6 Å². The van der Waals surface area contributed by atoms with Gasteiger partial charge in [-0.3, -0.25) is 4.79 Å². The predicted molar refractivity (Wildman–Crippen MR) is 142 cm³/mol. The van der Waals surface area contributed by atoms with Crippen molar-refractivity contribution in [2.45, 2.75) is 66.7 Å². The van der Waals surface area contributed by atoms with Gasteiger partial charge in [-0.15, -0.1) is 0 Å². The van der Waals surface area contributed by atoms with Crippen molar-refractivity contribution < 1.29 is 23.0 Å². The van der Waals surface area contributed by atoms with E-state index in [1.54, 1.807) is 20.3 Å². The van der Waals surface area contributed by atoms with E-state index in [2.05, 4.69) is 47.7 Å². The zero-order valence-electron chi connectivity index (χ0n) is 22.9. The molecule has 1 atom stereocenters. The molecule has 2 rings (SSSR count). The molecule has 7 nitrogen and oxygen atoms in total. The molecule has 0 aliphatic rings. The van der Waals surface area contributed by atoms with Crippen LogP contribution in [-0.2, 0) is 4.74 Å². The number of carbonyl (C=O) groups excluding carboxylic acids is 1. The summed E-state index contributed by atoms with van der Waals surface area (Å²) in [6.07, 6.45) is 5.32. The van der Waals surface area contributed by atoms with Crippen molar-refractivity contribution in [1.82, 2.24) is 9.97 Å². The van der Waals surface area contributed by atoms with Crippen molar-refractivity contribution in [2.75, 3.05) is 32.8 Å². The highest BCUT2D eigenvalue weighted by atomic mass is 19.1. The van der Waals surface area contributed by atoms with Crippen LogP contribution in [0, 0.1) is 16.6 Å². The van der Waals surface area contributed by atoms with Crippen molar-refractivity contribution in [2.24, 2.45) is 5.41 Å². The number of ether oxygens (including phenoxy) is 2. The number of hydrogen-bond acceptors (Lipinski definition) is 6. The molecule has 1 unspecified atom stereocenters. The number of carbonyl (C=O) groups is 1. The molecule has 36 heavy (non-hydrogen) atoms. The van der Waals surface area contributed by atoms with E-state index in [1.807, 2.05) is 13.8 Å². The van der Waals surface area contributed by atoms with Crippen LogP contribution < -0.4 is 10.1 Å². The van der Waals surface area contributed by atoms with E-state index < -0.39 is 12.6 Å². The minimum Gasteiger partial charge on any atom is -0.474 e. The molecular weight excluding hydrogens is 466 g/mol. The summed E-state index contributed by atoms with van der Waals surface area (Å²) in [7, 11) is 3.25. The molecule has 0 saturated heterocycles. The third-order valence-corrected chi connectivity index (χ3v) is 4.99. The van der Waals surface area contributed by atoms with Crippen molar-refractivity contribution in [3.63, 3.8) is 0 Å². The highest BCUT2D eigenvalue weighted by Crippen LogP contribution is 2.25. The first-order chi connectivity index (χ1) is 16.9. The number of hydrogen-bond donors (Lipinski definition) is 2. The molecule has 0 aliphatic heterocycles. The van der Waals surface area contributed by atoms with E-state index in [9.17, 15) is 13.6 Å². The van der Waals surface area contributed by atoms with Crippen LogP contribution in [0.3, 0.4) is 0 Å². The van der Waals surface area contributed by atoms with Crippen LogP contribution in [0.5, 0.6) is 5.88 Å². The first-order valence-corrected chi connectivity index (χ1v) is 12.0. The van der Waals surface area contributed by atoms with Crippen molar-refractivity contribution in [3.8, 4) is 5.88 Å². The van der Waals surface area contributed by atoms with Crippen LogP contribution in [0.4, 0.5) is 14.5 Å². The molecule has 0 fully saturated rings. The Hall–Kier alpha value is -2.94. The van der Waals surface area contributed by atoms with Gasteiger partial charge in [-0.25, -0.2) is 18.7 Å². The number of nitrogens with one attached hydrogen (secondary N) is 2. The fraction of sp³-hybridized carbons (Fsp3) is 0.556. The fourth-order valence-electron chi connectivity index (χ4n) is 2.69. The maximum atomic E-state index is 13.8. The molecule has 0 radical (unpaired) electrons. The zero-order valence-corrected chi connectivity index (χ0v) is 22.9. The number of amides is 1. The lowest BCUT2D eigenvalue weighted by molar-refractivity contribution is 0.102. The summed E-state index contributed by atoms with van der Waals surface area (Å²) in [5, 5.41) is 10.2. The van der Waals surface area contributed by atoms with Gasteiger partial charge in [0.25, 0.3) is 5.91 Å². The lowest BCUT2D eigenvalue weighted by atomic mass is 9.88. The summed E-state index contributed by atoms with van der Waals surface area (Å²) in [6.45, 7) is 11.5. The Labute approximate surface area is 214 Å². The van der Waals surface area contributed by atoms with E-state index in [-0.39, 0.29) is 35.3 Å². The Bertz CT molecular complexity index is 916. The minimum absolute atomic E-state index is 0.0496. The van der Waals surface area contributed by atoms with Gasteiger partial charge in [0.2, 0.25) is 5.88 Å². The molecule has 1 amide bonds. The quantitative estimate of drug-likeness (QED) is 0.361. The molecule has 202 valence electrons. The van der Waals surface area contributed by atoms with Crippen molar-refractivity contribution in [3.05, 3.63) is 47.7 Å². The normalized spacial score (nSPS) is 11.3. The van der Waals surface area contributed by atoms with E-state index in [0.29, 0.717) is 11.3 Å². The lowest BCUT2D eigenvalue weighted by Crippen LogP contribution is -2.18. The molecule has 0 saturated carbocycles. The van der Waals surface area contributed by atoms with Crippen LogP contribution in [0.25, 0.3) is 0 Å². The second-order valence-electron chi connectivity index (χ2n) is 9.16. The van der Waals surface area contributed by atoms with Gasteiger partial charge in [-0.05, 0) is 47.9 Å². The Morgan fingerprint density at radius 1 is 1.17 bits per heavy atom. The molecule has 0 bridgehead atoms. The molecule has 9 heteroatoms. The second kappa shape index (κ2) is 17.5. The highest BCUT2D eigenvalue weighted by Gasteiger charge is 2.15. The van der Waals surface area contributed by atoms with Crippen molar-refractivity contribution in [1.29, 1.82) is 5.41 Å². The SMILES string of the molecule is CCC(C)c1cc(NC(=O)c2cnc(OCCF)cn2)ccc1F.CCCC(=N)C(C)(C)C.COC. The average Bonchev–Trinajstić information content (AvgIpc) is 2.84. The zero-order chi connectivity index (χ0) is 27.7. The summed E-state index contributed by atoms with van der Waals surface area (Å²) in [4.78, 5) is 20.0. The largest absolute Gasteiger partial charge is 0.474 e. The van der Waals surface area contributed by atoms with Crippen LogP contribution in [0.1, 0.15) is 82.8 Å². The molecule has 0 spiro atoms. The minimum atomic E-state index is -0.632. The Kier molecular flexibility index (Phi) is 16.1. The third-order valence-electron chi connectivity index (χ3n) is 4.99. The Balaban J connectivity index is 0.000000854. The number of nitrogens with zero attached hydrogens (tertiary/aromatic N) is 2. The first kappa shape index (κ1) is 33.1. The summed E-state index contributed by atoms with van der Waals surface area (Å²) >= 11 is 0. The number of aromatic nitrogens is 2. The maximum Gasteiger partial charge on any atom is 0.275 e. The van der Waals surface area contributed by atoms with Crippen molar-refractivity contribution >= 4 is 17.3 Å². The number of benzene rings is 1. The van der Waals surface area contributed by atoms with Gasteiger partial charge in [0.15, 0.2) is 0 Å². The van der Waals surface area contributed by atoms with Gasteiger partial charge >= 0.3 is 0 Å². The fourth-order valence-corrected chi connectivity index (χ4v) is 2.69. The summed E-state index contributed by atoms with van der Waals surface area (Å²) in [5.41, 5.74) is 2.07.